The molecule has 0 aliphatic heterocycles. The highest BCUT2D eigenvalue weighted by Crippen LogP contribution is 2.11. The number of halogens is 1. The van der Waals surface area contributed by atoms with Crippen molar-refractivity contribution in [1.82, 2.24) is 5.32 Å². The van der Waals surface area contributed by atoms with Crippen molar-refractivity contribution in [2.45, 2.75) is 32.8 Å². The molecule has 2 unspecified atom stereocenters. The summed E-state index contributed by atoms with van der Waals surface area (Å²) in [6, 6.07) is 7.22. The molecule has 4 heteroatoms. The Morgan fingerprint density at radius 2 is 2.22 bits per heavy atom. The quantitative estimate of drug-likeness (QED) is 0.833. The molecule has 1 aromatic carbocycles. The summed E-state index contributed by atoms with van der Waals surface area (Å²) < 4.78 is 0. The molecule has 0 radical (unpaired) electrons. The third kappa shape index (κ3) is 5.07. The van der Waals surface area contributed by atoms with E-state index in [1.807, 2.05) is 26.0 Å². The number of rotatable bonds is 6. The van der Waals surface area contributed by atoms with Crippen molar-refractivity contribution in [1.29, 1.82) is 0 Å². The van der Waals surface area contributed by atoms with Crippen LogP contribution < -0.4 is 5.32 Å². The Balaban J connectivity index is 2.38. The van der Waals surface area contributed by atoms with Crippen molar-refractivity contribution >= 4 is 17.5 Å². The van der Waals surface area contributed by atoms with E-state index in [1.165, 1.54) is 0 Å². The smallest absolute Gasteiger partial charge is 0.224 e. The average Bonchev–Trinajstić information content (AvgIpc) is 2.35. The number of aliphatic hydroxyl groups excluding tert-OH is 1. The van der Waals surface area contributed by atoms with Gasteiger partial charge in [0.15, 0.2) is 0 Å². The van der Waals surface area contributed by atoms with Gasteiger partial charge in [-0.1, -0.05) is 44.0 Å². The lowest BCUT2D eigenvalue weighted by molar-refractivity contribution is -0.121. The van der Waals surface area contributed by atoms with Crippen LogP contribution in [-0.4, -0.2) is 23.7 Å². The Kier molecular flexibility index (Phi) is 6.16. The van der Waals surface area contributed by atoms with Gasteiger partial charge in [0.25, 0.3) is 0 Å². The lowest BCUT2D eigenvalue weighted by atomic mass is 10.0. The van der Waals surface area contributed by atoms with Crippen LogP contribution in [0.1, 0.15) is 25.8 Å². The minimum absolute atomic E-state index is 0.0976. The fourth-order valence-electron chi connectivity index (χ4n) is 1.59. The van der Waals surface area contributed by atoms with Crippen molar-refractivity contribution < 1.29 is 9.90 Å². The summed E-state index contributed by atoms with van der Waals surface area (Å²) in [5.74, 6) is 0.0936. The molecule has 0 heterocycles. The number of aliphatic hydroxyl groups is 1. The molecule has 100 valence electrons. The van der Waals surface area contributed by atoms with Gasteiger partial charge in [0.1, 0.15) is 0 Å². The zero-order chi connectivity index (χ0) is 13.5. The average molecular weight is 270 g/mol. The molecule has 0 aliphatic rings. The zero-order valence-electron chi connectivity index (χ0n) is 10.8. The molecule has 3 nitrogen and oxygen atoms in total. The van der Waals surface area contributed by atoms with Crippen molar-refractivity contribution in [2.75, 3.05) is 6.54 Å². The van der Waals surface area contributed by atoms with E-state index < -0.39 is 6.10 Å². The van der Waals surface area contributed by atoms with E-state index in [9.17, 15) is 9.90 Å². The predicted octanol–water partition coefficient (Wildman–Crippen LogP) is 2.41. The van der Waals surface area contributed by atoms with E-state index in [0.717, 1.165) is 12.0 Å². The van der Waals surface area contributed by atoms with Gasteiger partial charge in [0, 0.05) is 11.6 Å². The van der Waals surface area contributed by atoms with E-state index in [-0.39, 0.29) is 18.2 Å². The number of carbonyl (C=O) groups excluding carboxylic acids is 1. The van der Waals surface area contributed by atoms with Crippen molar-refractivity contribution in [3.8, 4) is 0 Å². The second-order valence-corrected chi connectivity index (χ2v) is 5.00. The topological polar surface area (TPSA) is 49.3 Å². The van der Waals surface area contributed by atoms with Crippen LogP contribution in [0, 0.1) is 5.92 Å². The summed E-state index contributed by atoms with van der Waals surface area (Å²) in [7, 11) is 0. The van der Waals surface area contributed by atoms with Crippen LogP contribution in [0.25, 0.3) is 0 Å². The number of hydrogen-bond donors (Lipinski definition) is 2. The first-order valence-electron chi connectivity index (χ1n) is 6.22. The van der Waals surface area contributed by atoms with Gasteiger partial charge in [-0.2, -0.15) is 0 Å². The molecule has 0 saturated heterocycles. The third-order valence-electron chi connectivity index (χ3n) is 3.06. The van der Waals surface area contributed by atoms with E-state index >= 15 is 0 Å². The highest BCUT2D eigenvalue weighted by molar-refractivity contribution is 6.30. The SMILES string of the molecule is CCC(C)C(O)CNC(=O)Cc1cccc(Cl)c1. The second-order valence-electron chi connectivity index (χ2n) is 4.56. The lowest BCUT2D eigenvalue weighted by Crippen LogP contribution is -2.36. The second kappa shape index (κ2) is 7.39. The van der Waals surface area contributed by atoms with Crippen LogP contribution in [0.5, 0.6) is 0 Å². The summed E-state index contributed by atoms with van der Waals surface area (Å²) in [6.45, 7) is 4.28. The zero-order valence-corrected chi connectivity index (χ0v) is 11.6. The van der Waals surface area contributed by atoms with Crippen LogP contribution in [0.3, 0.4) is 0 Å². The highest BCUT2D eigenvalue weighted by Gasteiger charge is 2.13. The van der Waals surface area contributed by atoms with Crippen LogP contribution >= 0.6 is 11.6 Å². The van der Waals surface area contributed by atoms with E-state index in [4.69, 9.17) is 11.6 Å². The molecular weight excluding hydrogens is 250 g/mol. The summed E-state index contributed by atoms with van der Waals surface area (Å²) in [4.78, 5) is 11.7. The number of amides is 1. The first-order chi connectivity index (χ1) is 8.52. The van der Waals surface area contributed by atoms with Crippen LogP contribution in [-0.2, 0) is 11.2 Å². The summed E-state index contributed by atoms with van der Waals surface area (Å²) in [6.07, 6.45) is 0.692. The Bertz CT molecular complexity index is 395. The molecule has 0 fully saturated rings. The molecule has 0 bridgehead atoms. The molecule has 0 aliphatic carbocycles. The fourth-order valence-corrected chi connectivity index (χ4v) is 1.80. The monoisotopic (exact) mass is 269 g/mol. The number of nitrogens with one attached hydrogen (secondary N) is 1. The maximum Gasteiger partial charge on any atom is 0.224 e. The Morgan fingerprint density at radius 1 is 1.50 bits per heavy atom. The van der Waals surface area contributed by atoms with Gasteiger partial charge in [-0.25, -0.2) is 0 Å². The molecule has 1 amide bonds. The standard InChI is InChI=1S/C14H20ClNO2/c1-3-10(2)13(17)9-16-14(18)8-11-5-4-6-12(15)7-11/h4-7,10,13,17H,3,8-9H2,1-2H3,(H,16,18). The van der Waals surface area contributed by atoms with Crippen molar-refractivity contribution in [3.63, 3.8) is 0 Å². The normalized spacial score (nSPS) is 14.0. The van der Waals surface area contributed by atoms with Crippen LogP contribution in [0.15, 0.2) is 24.3 Å². The first-order valence-corrected chi connectivity index (χ1v) is 6.60. The molecule has 0 saturated carbocycles. The van der Waals surface area contributed by atoms with Gasteiger partial charge in [-0.3, -0.25) is 4.79 Å². The van der Waals surface area contributed by atoms with Gasteiger partial charge in [-0.05, 0) is 23.6 Å². The first kappa shape index (κ1) is 15.0. The van der Waals surface area contributed by atoms with Crippen molar-refractivity contribution in [2.24, 2.45) is 5.92 Å². The Labute approximate surface area is 113 Å². The van der Waals surface area contributed by atoms with Gasteiger partial charge < -0.3 is 10.4 Å². The van der Waals surface area contributed by atoms with Gasteiger partial charge in [0.2, 0.25) is 5.91 Å². The summed E-state index contributed by atoms with van der Waals surface area (Å²) >= 11 is 5.84. The minimum atomic E-state index is -0.488. The lowest BCUT2D eigenvalue weighted by Gasteiger charge is -2.17. The molecule has 2 N–H and O–H groups in total. The summed E-state index contributed by atoms with van der Waals surface area (Å²) in [5.41, 5.74) is 0.873. The number of benzene rings is 1. The van der Waals surface area contributed by atoms with E-state index in [1.54, 1.807) is 12.1 Å². The largest absolute Gasteiger partial charge is 0.391 e. The Morgan fingerprint density at radius 3 is 2.83 bits per heavy atom. The van der Waals surface area contributed by atoms with Gasteiger partial charge >= 0.3 is 0 Å². The highest BCUT2D eigenvalue weighted by atomic mass is 35.5. The predicted molar refractivity (Wildman–Crippen MR) is 73.6 cm³/mol. The van der Waals surface area contributed by atoms with Gasteiger partial charge in [-0.15, -0.1) is 0 Å². The maximum atomic E-state index is 11.7. The van der Waals surface area contributed by atoms with Crippen LogP contribution in [0.4, 0.5) is 0 Å². The number of hydrogen-bond acceptors (Lipinski definition) is 2. The molecular formula is C14H20ClNO2. The molecule has 1 rings (SSSR count). The third-order valence-corrected chi connectivity index (χ3v) is 3.30. The molecule has 1 aromatic rings. The molecule has 18 heavy (non-hydrogen) atoms. The summed E-state index contributed by atoms with van der Waals surface area (Å²) in [5, 5.41) is 13.1. The van der Waals surface area contributed by atoms with Crippen LogP contribution in [0.2, 0.25) is 5.02 Å². The van der Waals surface area contributed by atoms with E-state index in [2.05, 4.69) is 5.32 Å². The maximum absolute atomic E-state index is 11.7. The minimum Gasteiger partial charge on any atom is -0.391 e. The number of carbonyl (C=O) groups is 1. The van der Waals surface area contributed by atoms with Crippen molar-refractivity contribution in [3.05, 3.63) is 34.9 Å². The van der Waals surface area contributed by atoms with E-state index in [0.29, 0.717) is 11.6 Å². The fraction of sp³-hybridized carbons (Fsp3) is 0.500. The van der Waals surface area contributed by atoms with Gasteiger partial charge in [0.05, 0.1) is 12.5 Å². The Hall–Kier alpha value is -1.06. The molecule has 0 aromatic heterocycles. The molecule has 2 atom stereocenters. The molecule has 0 spiro atoms.